The molecule has 162 valence electrons. The molecule has 0 unspecified atom stereocenters. The summed E-state index contributed by atoms with van der Waals surface area (Å²) in [5.74, 6) is -0.290. The Morgan fingerprint density at radius 3 is 2.37 bits per heavy atom. The summed E-state index contributed by atoms with van der Waals surface area (Å²) in [5, 5.41) is 7.76. The van der Waals surface area contributed by atoms with Gasteiger partial charge in [0.1, 0.15) is 5.00 Å². The lowest BCUT2D eigenvalue weighted by Crippen LogP contribution is -2.22. The van der Waals surface area contributed by atoms with Crippen molar-refractivity contribution < 1.29 is 9.53 Å². The zero-order valence-electron chi connectivity index (χ0n) is 18.0. The molecule has 7 heteroatoms. The van der Waals surface area contributed by atoms with Crippen molar-refractivity contribution in [1.82, 2.24) is 0 Å². The monoisotopic (exact) mass is 445 g/mol. The zero-order valence-corrected chi connectivity index (χ0v) is 19.7. The highest BCUT2D eigenvalue weighted by Crippen LogP contribution is 2.37. The molecule has 5 nitrogen and oxygen atoms in total. The number of anilines is 3. The van der Waals surface area contributed by atoms with E-state index in [9.17, 15) is 4.79 Å². The first-order valence-corrected chi connectivity index (χ1v) is 12.0. The van der Waals surface area contributed by atoms with Gasteiger partial charge in [0, 0.05) is 29.3 Å². The average molecular weight is 446 g/mol. The molecule has 0 spiro atoms. The van der Waals surface area contributed by atoms with E-state index in [0.717, 1.165) is 55.0 Å². The van der Waals surface area contributed by atoms with Crippen LogP contribution in [0.4, 0.5) is 16.4 Å². The number of methoxy groups -OCH3 is 1. The number of benzene rings is 1. The third kappa shape index (κ3) is 5.32. The number of thiocarbonyl (C=S) groups is 1. The van der Waals surface area contributed by atoms with E-state index in [1.54, 1.807) is 11.3 Å². The van der Waals surface area contributed by atoms with Crippen molar-refractivity contribution in [2.24, 2.45) is 0 Å². The molecule has 0 bridgehead atoms. The fourth-order valence-corrected chi connectivity index (χ4v) is 5.50. The van der Waals surface area contributed by atoms with Gasteiger partial charge in [0.15, 0.2) is 5.11 Å². The molecule has 0 fully saturated rings. The number of nitrogens with one attached hydrogen (secondary N) is 2. The largest absolute Gasteiger partial charge is 0.465 e. The van der Waals surface area contributed by atoms with Crippen LogP contribution >= 0.6 is 23.6 Å². The normalized spacial score (nSPS) is 13.6. The first kappa shape index (κ1) is 22.6. The van der Waals surface area contributed by atoms with E-state index in [4.69, 9.17) is 17.0 Å². The van der Waals surface area contributed by atoms with Gasteiger partial charge in [0.05, 0.1) is 12.7 Å². The maximum Gasteiger partial charge on any atom is 0.341 e. The quantitative estimate of drug-likeness (QED) is 0.430. The van der Waals surface area contributed by atoms with Gasteiger partial charge in [0.25, 0.3) is 0 Å². The molecule has 30 heavy (non-hydrogen) atoms. The number of hydrogen-bond donors (Lipinski definition) is 2. The number of nitrogens with zero attached hydrogens (tertiary/aromatic N) is 1. The highest BCUT2D eigenvalue weighted by molar-refractivity contribution is 7.80. The third-order valence-corrected chi connectivity index (χ3v) is 6.95. The maximum atomic E-state index is 12.5. The van der Waals surface area contributed by atoms with Crippen LogP contribution in [0.25, 0.3) is 0 Å². The molecular weight excluding hydrogens is 414 g/mol. The molecule has 1 aliphatic carbocycles. The number of carbonyl (C=O) groups excluding carboxylic acids is 1. The smallest absolute Gasteiger partial charge is 0.341 e. The molecule has 1 heterocycles. The second-order valence-corrected chi connectivity index (χ2v) is 8.93. The van der Waals surface area contributed by atoms with Crippen molar-refractivity contribution in [3.05, 3.63) is 40.3 Å². The van der Waals surface area contributed by atoms with Crippen molar-refractivity contribution in [2.75, 3.05) is 35.7 Å². The minimum absolute atomic E-state index is 0.290. The first-order valence-electron chi connectivity index (χ1n) is 10.7. The summed E-state index contributed by atoms with van der Waals surface area (Å²) in [5.41, 5.74) is 3.90. The lowest BCUT2D eigenvalue weighted by atomic mass is 9.96. The Morgan fingerprint density at radius 2 is 1.73 bits per heavy atom. The molecule has 1 aromatic carbocycles. The first-order chi connectivity index (χ1) is 14.6. The summed E-state index contributed by atoms with van der Waals surface area (Å²) in [6.07, 6.45) is 6.66. The fourth-order valence-electron chi connectivity index (χ4n) is 3.94. The molecule has 3 rings (SSSR count). The van der Waals surface area contributed by atoms with E-state index in [2.05, 4.69) is 41.5 Å². The maximum absolute atomic E-state index is 12.5. The van der Waals surface area contributed by atoms with Gasteiger partial charge in [-0.1, -0.05) is 12.8 Å². The number of hydrogen-bond acceptors (Lipinski definition) is 5. The van der Waals surface area contributed by atoms with E-state index in [1.165, 1.54) is 30.5 Å². The van der Waals surface area contributed by atoms with Gasteiger partial charge in [-0.3, -0.25) is 0 Å². The molecule has 0 saturated carbocycles. The van der Waals surface area contributed by atoms with Crippen LogP contribution in [0, 0.1) is 0 Å². The van der Waals surface area contributed by atoms with Crippen molar-refractivity contribution in [3.8, 4) is 0 Å². The van der Waals surface area contributed by atoms with Gasteiger partial charge in [0.2, 0.25) is 0 Å². The Kier molecular flexibility index (Phi) is 8.10. The van der Waals surface area contributed by atoms with Gasteiger partial charge in [-0.25, -0.2) is 4.79 Å². The molecule has 0 amide bonds. The van der Waals surface area contributed by atoms with Gasteiger partial charge < -0.3 is 20.3 Å². The minimum Gasteiger partial charge on any atom is -0.465 e. The Hall–Kier alpha value is -2.12. The molecule has 0 atom stereocenters. The van der Waals surface area contributed by atoms with Crippen LogP contribution in [0.2, 0.25) is 0 Å². The van der Waals surface area contributed by atoms with E-state index in [-0.39, 0.29) is 5.97 Å². The lowest BCUT2D eigenvalue weighted by molar-refractivity contribution is 0.0601. The van der Waals surface area contributed by atoms with Crippen molar-refractivity contribution in [3.63, 3.8) is 0 Å². The van der Waals surface area contributed by atoms with Crippen LogP contribution in [-0.2, 0) is 17.6 Å². The van der Waals surface area contributed by atoms with E-state index in [0.29, 0.717) is 10.7 Å². The van der Waals surface area contributed by atoms with E-state index < -0.39 is 0 Å². The van der Waals surface area contributed by atoms with Crippen molar-refractivity contribution >= 4 is 51.0 Å². The standard InChI is InChI=1S/C23H31N3O2S2/c1-4-26(5-2)17-14-12-16(13-15-17)24-23(29)25-21-20(22(27)28-3)18-10-8-6-7-9-11-19(18)30-21/h12-15H,4-11H2,1-3H3,(H2,24,25,29). The van der Waals surface area contributed by atoms with Crippen LogP contribution < -0.4 is 15.5 Å². The summed E-state index contributed by atoms with van der Waals surface area (Å²) in [7, 11) is 1.44. The summed E-state index contributed by atoms with van der Waals surface area (Å²) in [6.45, 7) is 6.25. The zero-order chi connectivity index (χ0) is 21.5. The summed E-state index contributed by atoms with van der Waals surface area (Å²) < 4.78 is 5.09. The SMILES string of the molecule is CCN(CC)c1ccc(NC(=S)Nc2sc3c(c2C(=O)OC)CCCCCC3)cc1. The molecule has 2 aromatic rings. The van der Waals surface area contributed by atoms with Crippen LogP contribution in [-0.4, -0.2) is 31.3 Å². The fraction of sp³-hybridized carbons (Fsp3) is 0.478. The molecule has 1 aromatic heterocycles. The van der Waals surface area contributed by atoms with Gasteiger partial charge in [-0.15, -0.1) is 11.3 Å². The van der Waals surface area contributed by atoms with Crippen molar-refractivity contribution in [1.29, 1.82) is 0 Å². The number of esters is 1. The Labute approximate surface area is 188 Å². The predicted molar refractivity (Wildman–Crippen MR) is 131 cm³/mol. The summed E-state index contributed by atoms with van der Waals surface area (Å²) in [6, 6.07) is 8.23. The Bertz CT molecular complexity index is 873. The van der Waals surface area contributed by atoms with Crippen LogP contribution in [0.15, 0.2) is 24.3 Å². The topological polar surface area (TPSA) is 53.6 Å². The molecule has 0 radical (unpaired) electrons. The molecular formula is C23H31N3O2S2. The molecule has 2 N–H and O–H groups in total. The van der Waals surface area contributed by atoms with Gasteiger partial charge in [-0.05, 0) is 81.6 Å². The van der Waals surface area contributed by atoms with Gasteiger partial charge >= 0.3 is 5.97 Å². The summed E-state index contributed by atoms with van der Waals surface area (Å²) in [4.78, 5) is 16.1. The number of thiophene rings is 1. The number of rotatable bonds is 6. The highest BCUT2D eigenvalue weighted by Gasteiger charge is 2.25. The third-order valence-electron chi connectivity index (χ3n) is 5.54. The van der Waals surface area contributed by atoms with Crippen LogP contribution in [0.5, 0.6) is 0 Å². The van der Waals surface area contributed by atoms with Crippen LogP contribution in [0.3, 0.4) is 0 Å². The Balaban J connectivity index is 1.76. The second-order valence-electron chi connectivity index (χ2n) is 7.41. The number of ether oxygens (including phenoxy) is 1. The molecule has 0 aliphatic heterocycles. The van der Waals surface area contributed by atoms with Crippen molar-refractivity contribution in [2.45, 2.75) is 52.4 Å². The highest BCUT2D eigenvalue weighted by atomic mass is 32.1. The van der Waals surface area contributed by atoms with E-state index >= 15 is 0 Å². The summed E-state index contributed by atoms with van der Waals surface area (Å²) >= 11 is 7.18. The molecule has 1 aliphatic rings. The van der Waals surface area contributed by atoms with Gasteiger partial charge in [-0.2, -0.15) is 0 Å². The van der Waals surface area contributed by atoms with E-state index in [1.807, 2.05) is 12.1 Å². The minimum atomic E-state index is -0.290. The number of carbonyl (C=O) groups is 1. The van der Waals surface area contributed by atoms with Crippen LogP contribution in [0.1, 0.15) is 60.3 Å². The Morgan fingerprint density at radius 1 is 1.07 bits per heavy atom. The second kappa shape index (κ2) is 10.8. The number of fused-ring (bicyclic) bond motifs is 1. The average Bonchev–Trinajstić information content (AvgIpc) is 3.05. The molecule has 0 saturated heterocycles. The lowest BCUT2D eigenvalue weighted by Gasteiger charge is -2.21. The number of aryl methyl sites for hydroxylation is 1. The predicted octanol–water partition coefficient (Wildman–Crippen LogP) is 5.85.